The van der Waals surface area contributed by atoms with Gasteiger partial charge in [0.1, 0.15) is 17.1 Å². The maximum absolute atomic E-state index is 11.0. The number of aryl methyl sites for hydroxylation is 1. The molecule has 2 aromatic rings. The van der Waals surface area contributed by atoms with E-state index in [1.165, 1.54) is 5.56 Å². The highest BCUT2D eigenvalue weighted by Crippen LogP contribution is 2.34. The summed E-state index contributed by atoms with van der Waals surface area (Å²) in [5.41, 5.74) is 2.17. The number of fused-ring (bicyclic) bond motifs is 1. The van der Waals surface area contributed by atoms with Crippen LogP contribution in [0.3, 0.4) is 0 Å². The Hall–Kier alpha value is -2.04. The van der Waals surface area contributed by atoms with Crippen molar-refractivity contribution < 1.29 is 14.9 Å². The fraction of sp³-hybridized carbons (Fsp3) is 0.368. The van der Waals surface area contributed by atoms with Gasteiger partial charge in [0.2, 0.25) is 0 Å². The number of phenols is 1. The quantitative estimate of drug-likeness (QED) is 0.794. The highest BCUT2D eigenvalue weighted by Gasteiger charge is 2.33. The third-order valence-corrected chi connectivity index (χ3v) is 4.57. The molecule has 0 heterocycles. The molecule has 0 saturated heterocycles. The van der Waals surface area contributed by atoms with E-state index in [-0.39, 0.29) is 5.75 Å². The molecule has 2 aromatic carbocycles. The van der Waals surface area contributed by atoms with E-state index in [2.05, 4.69) is 11.4 Å². The first kappa shape index (κ1) is 15.8. The second-order valence-electron chi connectivity index (χ2n) is 6.14. The first-order chi connectivity index (χ1) is 11.1. The molecule has 1 aliphatic rings. The summed E-state index contributed by atoms with van der Waals surface area (Å²) in [7, 11) is 1.60. The third kappa shape index (κ3) is 3.33. The van der Waals surface area contributed by atoms with Crippen LogP contribution in [0.1, 0.15) is 29.5 Å². The number of nitrogens with one attached hydrogen (secondary N) is 1. The molecule has 0 spiro atoms. The second-order valence-corrected chi connectivity index (χ2v) is 6.14. The Morgan fingerprint density at radius 1 is 1.22 bits per heavy atom. The van der Waals surface area contributed by atoms with Crippen LogP contribution in [0.15, 0.2) is 42.5 Å². The van der Waals surface area contributed by atoms with Crippen LogP contribution in [0.5, 0.6) is 11.5 Å². The van der Waals surface area contributed by atoms with Crippen molar-refractivity contribution in [1.29, 1.82) is 0 Å². The van der Waals surface area contributed by atoms with Crippen LogP contribution in [-0.2, 0) is 18.6 Å². The van der Waals surface area contributed by atoms with Gasteiger partial charge in [0.05, 0.1) is 7.11 Å². The van der Waals surface area contributed by atoms with Gasteiger partial charge in [-0.3, -0.25) is 0 Å². The van der Waals surface area contributed by atoms with Crippen molar-refractivity contribution in [3.8, 4) is 11.5 Å². The molecule has 0 aromatic heterocycles. The zero-order valence-corrected chi connectivity index (χ0v) is 13.4. The van der Waals surface area contributed by atoms with E-state index in [1.54, 1.807) is 25.3 Å². The van der Waals surface area contributed by atoms with Crippen LogP contribution >= 0.6 is 0 Å². The highest BCUT2D eigenvalue weighted by molar-refractivity contribution is 5.39. The van der Waals surface area contributed by atoms with Gasteiger partial charge in [0.25, 0.3) is 0 Å². The minimum absolute atomic E-state index is 0.231. The van der Waals surface area contributed by atoms with Crippen LogP contribution in [-0.4, -0.2) is 23.9 Å². The molecule has 4 heteroatoms. The summed E-state index contributed by atoms with van der Waals surface area (Å²) in [6, 6.07) is 13.3. The number of hydrogen-bond acceptors (Lipinski definition) is 4. The summed E-state index contributed by atoms with van der Waals surface area (Å²) in [5, 5.41) is 24.2. The number of benzene rings is 2. The van der Waals surface area contributed by atoms with Gasteiger partial charge < -0.3 is 20.3 Å². The average Bonchev–Trinajstić information content (AvgIpc) is 2.57. The fourth-order valence-electron chi connectivity index (χ4n) is 3.32. The Kier molecular flexibility index (Phi) is 4.55. The predicted octanol–water partition coefficient (Wildman–Crippen LogP) is 2.71. The van der Waals surface area contributed by atoms with Crippen LogP contribution in [0.2, 0.25) is 0 Å². The van der Waals surface area contributed by atoms with Crippen molar-refractivity contribution in [1.82, 2.24) is 5.32 Å². The van der Waals surface area contributed by atoms with Crippen LogP contribution in [0.4, 0.5) is 0 Å². The largest absolute Gasteiger partial charge is 0.508 e. The van der Waals surface area contributed by atoms with Gasteiger partial charge in [-0.1, -0.05) is 24.3 Å². The number of aromatic hydroxyl groups is 1. The number of rotatable bonds is 5. The highest BCUT2D eigenvalue weighted by atomic mass is 16.5. The van der Waals surface area contributed by atoms with Gasteiger partial charge in [0.15, 0.2) is 0 Å². The SMILES string of the molecule is COc1ccc(O)c(CNCC2(O)CCCc3ccccc32)c1. The van der Waals surface area contributed by atoms with Crippen molar-refractivity contribution in [2.75, 3.05) is 13.7 Å². The summed E-state index contributed by atoms with van der Waals surface area (Å²) in [6.07, 6.45) is 2.76. The van der Waals surface area contributed by atoms with Crippen LogP contribution < -0.4 is 10.1 Å². The van der Waals surface area contributed by atoms with Crippen molar-refractivity contribution >= 4 is 0 Å². The van der Waals surface area contributed by atoms with Crippen molar-refractivity contribution in [3.63, 3.8) is 0 Å². The molecule has 3 rings (SSSR count). The maximum Gasteiger partial charge on any atom is 0.120 e. The standard InChI is InChI=1S/C19H23NO3/c1-23-16-8-9-18(21)15(11-16)12-20-13-19(22)10-4-6-14-5-2-3-7-17(14)19/h2-3,5,7-9,11,20-22H,4,6,10,12-13H2,1H3. The van der Waals surface area contributed by atoms with E-state index in [4.69, 9.17) is 4.74 Å². The minimum Gasteiger partial charge on any atom is -0.508 e. The van der Waals surface area contributed by atoms with E-state index >= 15 is 0 Å². The van der Waals surface area contributed by atoms with Crippen molar-refractivity contribution in [2.24, 2.45) is 0 Å². The Labute approximate surface area is 136 Å². The van der Waals surface area contributed by atoms with E-state index in [0.29, 0.717) is 18.8 Å². The van der Waals surface area contributed by atoms with Gasteiger partial charge in [0, 0.05) is 18.7 Å². The summed E-state index contributed by atoms with van der Waals surface area (Å²) in [6.45, 7) is 0.939. The van der Waals surface area contributed by atoms with Crippen molar-refractivity contribution in [2.45, 2.75) is 31.4 Å². The predicted molar refractivity (Wildman–Crippen MR) is 89.6 cm³/mol. The Bertz CT molecular complexity index is 686. The van der Waals surface area contributed by atoms with Gasteiger partial charge in [-0.25, -0.2) is 0 Å². The lowest BCUT2D eigenvalue weighted by Crippen LogP contribution is -2.40. The number of ether oxygens (including phenoxy) is 1. The Morgan fingerprint density at radius 3 is 2.87 bits per heavy atom. The zero-order chi connectivity index (χ0) is 16.3. The van der Waals surface area contributed by atoms with Crippen LogP contribution in [0.25, 0.3) is 0 Å². The molecule has 0 saturated carbocycles. The third-order valence-electron chi connectivity index (χ3n) is 4.57. The molecular formula is C19H23NO3. The molecule has 23 heavy (non-hydrogen) atoms. The molecular weight excluding hydrogens is 290 g/mol. The topological polar surface area (TPSA) is 61.7 Å². The van der Waals surface area contributed by atoms with Crippen molar-refractivity contribution in [3.05, 3.63) is 59.2 Å². The Balaban J connectivity index is 1.69. The zero-order valence-electron chi connectivity index (χ0n) is 13.4. The van der Waals surface area contributed by atoms with Gasteiger partial charge in [-0.2, -0.15) is 0 Å². The van der Waals surface area contributed by atoms with Gasteiger partial charge in [-0.05, 0) is 48.6 Å². The lowest BCUT2D eigenvalue weighted by molar-refractivity contribution is 0.0189. The lowest BCUT2D eigenvalue weighted by atomic mass is 9.79. The summed E-state index contributed by atoms with van der Waals surface area (Å²) < 4.78 is 5.18. The smallest absolute Gasteiger partial charge is 0.120 e. The Morgan fingerprint density at radius 2 is 2.04 bits per heavy atom. The molecule has 122 valence electrons. The number of phenolic OH excluding ortho intramolecular Hbond substituents is 1. The van der Waals surface area contributed by atoms with E-state index in [1.807, 2.05) is 18.2 Å². The number of aliphatic hydroxyl groups is 1. The molecule has 1 atom stereocenters. The second kappa shape index (κ2) is 6.60. The molecule has 0 aliphatic heterocycles. The monoisotopic (exact) mass is 313 g/mol. The lowest BCUT2D eigenvalue weighted by Gasteiger charge is -2.34. The molecule has 0 amide bonds. The van der Waals surface area contributed by atoms with E-state index in [0.717, 1.165) is 30.4 Å². The van der Waals surface area contributed by atoms with E-state index in [9.17, 15) is 10.2 Å². The van der Waals surface area contributed by atoms with Gasteiger partial charge >= 0.3 is 0 Å². The normalized spacial score (nSPS) is 20.1. The number of methoxy groups -OCH3 is 1. The molecule has 0 bridgehead atoms. The summed E-state index contributed by atoms with van der Waals surface area (Å²) in [4.78, 5) is 0. The molecule has 3 N–H and O–H groups in total. The maximum atomic E-state index is 11.0. The first-order valence-electron chi connectivity index (χ1n) is 8.00. The number of hydrogen-bond donors (Lipinski definition) is 3. The minimum atomic E-state index is -0.844. The summed E-state index contributed by atoms with van der Waals surface area (Å²) >= 11 is 0. The molecule has 1 aliphatic carbocycles. The molecule has 0 fully saturated rings. The molecule has 4 nitrogen and oxygen atoms in total. The first-order valence-corrected chi connectivity index (χ1v) is 8.00. The van der Waals surface area contributed by atoms with Crippen LogP contribution in [0, 0.1) is 0 Å². The molecule has 1 unspecified atom stereocenters. The fourth-order valence-corrected chi connectivity index (χ4v) is 3.32. The van der Waals surface area contributed by atoms with E-state index < -0.39 is 5.60 Å². The average molecular weight is 313 g/mol. The summed E-state index contributed by atoms with van der Waals surface area (Å²) in [5.74, 6) is 0.940. The molecule has 0 radical (unpaired) electrons. The van der Waals surface area contributed by atoms with Gasteiger partial charge in [-0.15, -0.1) is 0 Å².